The second-order valence-corrected chi connectivity index (χ2v) is 3.14. The molecule has 78 valence electrons. The molecule has 2 N–H and O–H groups in total. The third kappa shape index (κ3) is 1.81. The van der Waals surface area contributed by atoms with Crippen LogP contribution in [0.15, 0.2) is 30.6 Å². The minimum Gasteiger partial charge on any atom is -0.396 e. The molecule has 5 heteroatoms. The van der Waals surface area contributed by atoms with Gasteiger partial charge in [0.25, 0.3) is 0 Å². The quantitative estimate of drug-likeness (QED) is 0.784. The van der Waals surface area contributed by atoms with Gasteiger partial charge in [-0.25, -0.2) is 9.37 Å². The predicted molar refractivity (Wildman–Crippen MR) is 56.6 cm³/mol. The Bertz CT molecular complexity index is 574. The zero-order valence-corrected chi connectivity index (χ0v) is 8.18. The largest absolute Gasteiger partial charge is 0.396 e. The zero-order chi connectivity index (χ0) is 11.5. The van der Waals surface area contributed by atoms with E-state index in [-0.39, 0.29) is 5.69 Å². The van der Waals surface area contributed by atoms with Gasteiger partial charge in [-0.2, -0.15) is 5.26 Å². The smallest absolute Gasteiger partial charge is 0.164 e. The number of nitrogen functional groups attached to an aromatic ring is 1. The molecule has 4 nitrogen and oxygen atoms in total. The summed E-state index contributed by atoms with van der Waals surface area (Å²) in [6.07, 6.45) is 2.58. The minimum atomic E-state index is -0.449. The van der Waals surface area contributed by atoms with Crippen molar-refractivity contribution in [2.75, 3.05) is 5.73 Å². The van der Waals surface area contributed by atoms with Crippen LogP contribution in [0.25, 0.3) is 11.3 Å². The highest BCUT2D eigenvalue weighted by Crippen LogP contribution is 2.19. The highest BCUT2D eigenvalue weighted by Gasteiger charge is 2.05. The van der Waals surface area contributed by atoms with Gasteiger partial charge in [-0.05, 0) is 18.2 Å². The molecule has 16 heavy (non-hydrogen) atoms. The molecule has 0 amide bonds. The molecule has 2 aromatic heterocycles. The Morgan fingerprint density at radius 3 is 2.81 bits per heavy atom. The maximum Gasteiger partial charge on any atom is 0.164 e. The van der Waals surface area contributed by atoms with Crippen molar-refractivity contribution in [1.82, 2.24) is 9.97 Å². The van der Waals surface area contributed by atoms with Crippen LogP contribution in [0, 0.1) is 17.1 Å². The van der Waals surface area contributed by atoms with Gasteiger partial charge in [0.2, 0.25) is 0 Å². The number of hydrogen-bond acceptors (Lipinski definition) is 4. The summed E-state index contributed by atoms with van der Waals surface area (Å²) in [6, 6.07) is 6.35. The molecule has 0 bridgehead atoms. The Hall–Kier alpha value is -2.48. The predicted octanol–water partition coefficient (Wildman–Crippen LogP) is 1.74. The fraction of sp³-hybridized carbons (Fsp3) is 0. The van der Waals surface area contributed by atoms with Crippen LogP contribution < -0.4 is 5.73 Å². The summed E-state index contributed by atoms with van der Waals surface area (Å²) >= 11 is 0. The molecule has 0 fully saturated rings. The first-order valence-corrected chi connectivity index (χ1v) is 4.48. The van der Waals surface area contributed by atoms with Crippen molar-refractivity contribution < 1.29 is 4.39 Å². The minimum absolute atomic E-state index is 0.127. The molecular weight excluding hydrogens is 207 g/mol. The first kappa shape index (κ1) is 10.1. The van der Waals surface area contributed by atoms with E-state index in [1.54, 1.807) is 12.1 Å². The van der Waals surface area contributed by atoms with Gasteiger partial charge in [0.15, 0.2) is 5.69 Å². The zero-order valence-electron chi connectivity index (χ0n) is 8.18. The Morgan fingerprint density at radius 2 is 2.12 bits per heavy atom. The van der Waals surface area contributed by atoms with Gasteiger partial charge in [-0.3, -0.25) is 4.98 Å². The van der Waals surface area contributed by atoms with Crippen LogP contribution in [0.2, 0.25) is 0 Å². The molecule has 0 aliphatic heterocycles. The SMILES string of the molecule is N#Cc1nc(-c2cncc(F)c2)ccc1N. The van der Waals surface area contributed by atoms with Crippen LogP contribution in [0.3, 0.4) is 0 Å². The number of hydrogen-bond donors (Lipinski definition) is 1. The molecular formula is C11H7FN4. The summed E-state index contributed by atoms with van der Waals surface area (Å²) in [5.74, 6) is -0.449. The van der Waals surface area contributed by atoms with E-state index >= 15 is 0 Å². The molecule has 2 rings (SSSR count). The number of nitrogens with two attached hydrogens (primary N) is 1. The van der Waals surface area contributed by atoms with Crippen LogP contribution in [0.1, 0.15) is 5.69 Å². The van der Waals surface area contributed by atoms with Crippen molar-refractivity contribution in [2.45, 2.75) is 0 Å². The summed E-state index contributed by atoms with van der Waals surface area (Å²) in [6.45, 7) is 0. The van der Waals surface area contributed by atoms with E-state index in [4.69, 9.17) is 11.0 Å². The van der Waals surface area contributed by atoms with E-state index in [1.807, 2.05) is 6.07 Å². The lowest BCUT2D eigenvalue weighted by atomic mass is 10.1. The van der Waals surface area contributed by atoms with Gasteiger partial charge >= 0.3 is 0 Å². The van der Waals surface area contributed by atoms with Crippen molar-refractivity contribution in [3.63, 3.8) is 0 Å². The van der Waals surface area contributed by atoms with Crippen LogP contribution in [-0.4, -0.2) is 9.97 Å². The average Bonchev–Trinajstić information content (AvgIpc) is 2.29. The normalized spacial score (nSPS) is 9.75. The van der Waals surface area contributed by atoms with Crippen molar-refractivity contribution in [3.05, 3.63) is 42.1 Å². The first-order valence-electron chi connectivity index (χ1n) is 4.48. The maximum absolute atomic E-state index is 12.9. The van der Waals surface area contributed by atoms with E-state index < -0.39 is 5.82 Å². The van der Waals surface area contributed by atoms with Crippen molar-refractivity contribution in [3.8, 4) is 17.3 Å². The standard InChI is InChI=1S/C11H7FN4/c12-8-3-7(5-15-6-8)10-2-1-9(14)11(4-13)16-10/h1-3,5-6H,14H2. The molecule has 0 saturated carbocycles. The second kappa shape index (κ2) is 3.95. The van der Waals surface area contributed by atoms with Crippen LogP contribution in [0.4, 0.5) is 10.1 Å². The summed E-state index contributed by atoms with van der Waals surface area (Å²) in [4.78, 5) is 7.72. The highest BCUT2D eigenvalue weighted by molar-refractivity contribution is 5.62. The molecule has 2 aromatic rings. The van der Waals surface area contributed by atoms with Crippen molar-refractivity contribution >= 4 is 5.69 Å². The molecule has 0 aromatic carbocycles. The Morgan fingerprint density at radius 1 is 1.31 bits per heavy atom. The Kier molecular flexibility index (Phi) is 2.48. The van der Waals surface area contributed by atoms with Gasteiger partial charge in [0, 0.05) is 11.8 Å². The number of nitriles is 1. The van der Waals surface area contributed by atoms with E-state index in [2.05, 4.69) is 9.97 Å². The molecule has 0 aliphatic rings. The fourth-order valence-corrected chi connectivity index (χ4v) is 1.27. The van der Waals surface area contributed by atoms with Crippen LogP contribution in [0.5, 0.6) is 0 Å². The fourth-order valence-electron chi connectivity index (χ4n) is 1.27. The maximum atomic E-state index is 12.9. The number of aromatic nitrogens is 2. The second-order valence-electron chi connectivity index (χ2n) is 3.14. The Balaban J connectivity index is 2.54. The molecule has 0 radical (unpaired) electrons. The summed E-state index contributed by atoms with van der Waals surface area (Å²) in [5.41, 5.74) is 6.94. The summed E-state index contributed by atoms with van der Waals surface area (Å²) in [5, 5.41) is 8.76. The molecule has 2 heterocycles. The third-order valence-electron chi connectivity index (χ3n) is 2.03. The van der Waals surface area contributed by atoms with E-state index in [0.29, 0.717) is 16.9 Å². The number of halogens is 1. The number of nitrogens with zero attached hydrogens (tertiary/aromatic N) is 3. The van der Waals surface area contributed by atoms with Gasteiger partial charge < -0.3 is 5.73 Å². The van der Waals surface area contributed by atoms with Gasteiger partial charge in [0.1, 0.15) is 11.9 Å². The molecule has 0 atom stereocenters. The lowest BCUT2D eigenvalue weighted by Gasteiger charge is -2.02. The van der Waals surface area contributed by atoms with Crippen LogP contribution in [-0.2, 0) is 0 Å². The molecule has 0 unspecified atom stereocenters. The number of pyridine rings is 2. The van der Waals surface area contributed by atoms with E-state index in [0.717, 1.165) is 6.20 Å². The first-order chi connectivity index (χ1) is 7.70. The van der Waals surface area contributed by atoms with Crippen molar-refractivity contribution in [2.24, 2.45) is 0 Å². The molecule has 0 spiro atoms. The lowest BCUT2D eigenvalue weighted by Crippen LogP contribution is -1.95. The van der Waals surface area contributed by atoms with Gasteiger partial charge in [0.05, 0.1) is 17.6 Å². The number of anilines is 1. The summed E-state index contributed by atoms with van der Waals surface area (Å²) < 4.78 is 12.9. The number of rotatable bonds is 1. The third-order valence-corrected chi connectivity index (χ3v) is 2.03. The Labute approximate surface area is 91.2 Å². The average molecular weight is 214 g/mol. The monoisotopic (exact) mass is 214 g/mol. The van der Waals surface area contributed by atoms with Crippen LogP contribution >= 0.6 is 0 Å². The van der Waals surface area contributed by atoms with Gasteiger partial charge in [-0.15, -0.1) is 0 Å². The molecule has 0 saturated heterocycles. The lowest BCUT2D eigenvalue weighted by molar-refractivity contribution is 0.622. The highest BCUT2D eigenvalue weighted by atomic mass is 19.1. The van der Waals surface area contributed by atoms with Crippen molar-refractivity contribution in [1.29, 1.82) is 5.26 Å². The molecule has 0 aliphatic carbocycles. The van der Waals surface area contributed by atoms with E-state index in [1.165, 1.54) is 12.3 Å². The van der Waals surface area contributed by atoms with Gasteiger partial charge in [-0.1, -0.05) is 0 Å². The topological polar surface area (TPSA) is 75.6 Å². The summed E-state index contributed by atoms with van der Waals surface area (Å²) in [7, 11) is 0. The van der Waals surface area contributed by atoms with E-state index in [9.17, 15) is 4.39 Å².